The molecule has 3 N–H and O–H groups in total. The van der Waals surface area contributed by atoms with Gasteiger partial charge in [-0.1, -0.05) is 48.9 Å². The number of piperazine rings is 1. The molecule has 0 aliphatic carbocycles. The van der Waals surface area contributed by atoms with Gasteiger partial charge >= 0.3 is 0 Å². The second-order valence-corrected chi connectivity index (χ2v) is 7.54. The lowest BCUT2D eigenvalue weighted by molar-refractivity contribution is -0.137. The summed E-state index contributed by atoms with van der Waals surface area (Å²) in [5.41, 5.74) is 8.50. The minimum Gasteiger partial charge on any atom is -0.368 e. The number of para-hydroxylation sites is 1. The van der Waals surface area contributed by atoms with Gasteiger partial charge in [0.05, 0.1) is 12.0 Å². The molecule has 29 heavy (non-hydrogen) atoms. The molecule has 2 rings (SSSR count). The van der Waals surface area contributed by atoms with Gasteiger partial charge in [0.15, 0.2) is 0 Å². The fourth-order valence-corrected chi connectivity index (χ4v) is 3.30. The van der Waals surface area contributed by atoms with E-state index in [2.05, 4.69) is 22.3 Å². The van der Waals surface area contributed by atoms with Gasteiger partial charge < -0.3 is 20.9 Å². The van der Waals surface area contributed by atoms with Crippen molar-refractivity contribution in [3.8, 4) is 0 Å². The van der Waals surface area contributed by atoms with Crippen molar-refractivity contribution in [2.75, 3.05) is 37.6 Å². The number of nitrogens with one attached hydrogen (secondary N) is 1. The number of nitrogens with two attached hydrogens (primary N) is 1. The second-order valence-electron chi connectivity index (χ2n) is 7.54. The summed E-state index contributed by atoms with van der Waals surface area (Å²) in [5.74, 6) is -0.883. The van der Waals surface area contributed by atoms with E-state index in [0.29, 0.717) is 19.6 Å². The van der Waals surface area contributed by atoms with Crippen molar-refractivity contribution in [1.29, 1.82) is 0 Å². The third-order valence-electron chi connectivity index (χ3n) is 5.34. The molecule has 0 saturated carbocycles. The molecule has 0 bridgehead atoms. The molecular formula is C23H34N4O2. The SMILES string of the molecule is C/C=C\C=C(/C)CCNC(=O)C(C)C(N)C(=O)N1CCN(c2ccccc2)CC1. The maximum absolute atomic E-state index is 12.8. The molecule has 158 valence electrons. The number of hydrogen-bond acceptors (Lipinski definition) is 4. The Morgan fingerprint density at radius 3 is 2.45 bits per heavy atom. The molecule has 2 atom stereocenters. The number of amides is 2. The first kappa shape index (κ1) is 22.7. The fraction of sp³-hybridized carbons (Fsp3) is 0.478. The van der Waals surface area contributed by atoms with Crippen molar-refractivity contribution in [1.82, 2.24) is 10.2 Å². The Morgan fingerprint density at radius 1 is 1.17 bits per heavy atom. The molecule has 1 aromatic rings. The molecule has 2 amide bonds. The van der Waals surface area contributed by atoms with Crippen LogP contribution in [0, 0.1) is 5.92 Å². The average molecular weight is 399 g/mol. The standard InChI is InChI=1S/C23H34N4O2/c1-4-5-9-18(2)12-13-25-22(28)19(3)21(24)23(29)27-16-14-26(15-17-27)20-10-7-6-8-11-20/h4-11,19,21H,12-17,24H2,1-3H3,(H,25,28)/b5-4-,18-9+. The maximum atomic E-state index is 12.8. The van der Waals surface area contributed by atoms with E-state index in [1.54, 1.807) is 11.8 Å². The van der Waals surface area contributed by atoms with Gasteiger partial charge in [-0.2, -0.15) is 0 Å². The minimum atomic E-state index is -0.821. The lowest BCUT2D eigenvalue weighted by Gasteiger charge is -2.37. The highest BCUT2D eigenvalue weighted by Gasteiger charge is 2.31. The van der Waals surface area contributed by atoms with E-state index >= 15 is 0 Å². The van der Waals surface area contributed by atoms with Crippen LogP contribution in [0.1, 0.15) is 27.2 Å². The number of hydrogen-bond donors (Lipinski definition) is 2. The summed E-state index contributed by atoms with van der Waals surface area (Å²) in [6, 6.07) is 9.35. The minimum absolute atomic E-state index is 0.149. The van der Waals surface area contributed by atoms with Gasteiger partial charge in [0.2, 0.25) is 11.8 Å². The second kappa shape index (κ2) is 11.4. The van der Waals surface area contributed by atoms with E-state index in [1.165, 1.54) is 5.57 Å². The molecule has 1 aliphatic rings. The summed E-state index contributed by atoms with van der Waals surface area (Å²) >= 11 is 0. The van der Waals surface area contributed by atoms with Gasteiger partial charge in [0.1, 0.15) is 0 Å². The summed E-state index contributed by atoms with van der Waals surface area (Å²) < 4.78 is 0. The molecule has 1 aromatic carbocycles. The highest BCUT2D eigenvalue weighted by Crippen LogP contribution is 2.16. The van der Waals surface area contributed by atoms with Crippen molar-refractivity contribution in [3.63, 3.8) is 0 Å². The highest BCUT2D eigenvalue weighted by atomic mass is 16.2. The van der Waals surface area contributed by atoms with Crippen molar-refractivity contribution >= 4 is 17.5 Å². The first-order valence-electron chi connectivity index (χ1n) is 10.3. The molecule has 0 aromatic heterocycles. The first-order chi connectivity index (χ1) is 13.9. The number of carbonyl (C=O) groups excluding carboxylic acids is 2. The molecule has 0 spiro atoms. The molecule has 0 radical (unpaired) electrons. The van der Waals surface area contributed by atoms with Crippen LogP contribution in [0.5, 0.6) is 0 Å². The topological polar surface area (TPSA) is 78.7 Å². The molecule has 6 nitrogen and oxygen atoms in total. The van der Waals surface area contributed by atoms with E-state index in [9.17, 15) is 9.59 Å². The van der Waals surface area contributed by atoms with E-state index in [4.69, 9.17) is 5.73 Å². The maximum Gasteiger partial charge on any atom is 0.240 e. The predicted octanol–water partition coefficient (Wildman–Crippen LogP) is 2.33. The van der Waals surface area contributed by atoms with Gasteiger partial charge in [-0.3, -0.25) is 9.59 Å². The lowest BCUT2D eigenvalue weighted by Crippen LogP contribution is -2.56. The number of anilines is 1. The number of benzene rings is 1. The normalized spacial score (nSPS) is 17.3. The zero-order valence-electron chi connectivity index (χ0n) is 17.8. The lowest BCUT2D eigenvalue weighted by atomic mass is 10.00. The van der Waals surface area contributed by atoms with Crippen LogP contribution in [-0.2, 0) is 9.59 Å². The van der Waals surface area contributed by atoms with Crippen LogP contribution in [0.2, 0.25) is 0 Å². The third kappa shape index (κ3) is 6.75. The average Bonchev–Trinajstić information content (AvgIpc) is 2.76. The summed E-state index contributed by atoms with van der Waals surface area (Å²) in [7, 11) is 0. The van der Waals surface area contributed by atoms with Crippen LogP contribution in [0.15, 0.2) is 54.1 Å². The Balaban J connectivity index is 1.79. The number of rotatable bonds is 8. The van der Waals surface area contributed by atoms with Crippen LogP contribution in [0.3, 0.4) is 0 Å². The van der Waals surface area contributed by atoms with E-state index in [-0.39, 0.29) is 11.8 Å². The Hall–Kier alpha value is -2.60. The molecular weight excluding hydrogens is 364 g/mol. The molecule has 1 heterocycles. The highest BCUT2D eigenvalue weighted by molar-refractivity contribution is 5.89. The quantitative estimate of drug-likeness (QED) is 0.659. The molecule has 2 unspecified atom stereocenters. The van der Waals surface area contributed by atoms with Crippen LogP contribution in [-0.4, -0.2) is 55.5 Å². The van der Waals surface area contributed by atoms with E-state index in [0.717, 1.165) is 25.2 Å². The van der Waals surface area contributed by atoms with Crippen molar-refractivity contribution in [2.24, 2.45) is 11.7 Å². The van der Waals surface area contributed by atoms with Crippen LogP contribution in [0.4, 0.5) is 5.69 Å². The number of carbonyl (C=O) groups is 2. The van der Waals surface area contributed by atoms with Gasteiger partial charge in [0, 0.05) is 38.4 Å². The fourth-order valence-electron chi connectivity index (χ4n) is 3.30. The summed E-state index contributed by atoms with van der Waals surface area (Å²) in [5, 5.41) is 2.89. The van der Waals surface area contributed by atoms with Gasteiger partial charge in [0.25, 0.3) is 0 Å². The molecule has 1 aliphatic heterocycles. The number of nitrogens with zero attached hydrogens (tertiary/aromatic N) is 2. The van der Waals surface area contributed by atoms with Crippen LogP contribution < -0.4 is 16.0 Å². The summed E-state index contributed by atoms with van der Waals surface area (Å²) in [4.78, 5) is 29.2. The van der Waals surface area contributed by atoms with Crippen LogP contribution in [0.25, 0.3) is 0 Å². The van der Waals surface area contributed by atoms with Crippen molar-refractivity contribution in [3.05, 3.63) is 54.1 Å². The molecule has 1 fully saturated rings. The first-order valence-corrected chi connectivity index (χ1v) is 10.3. The Labute approximate surface area is 174 Å². The smallest absolute Gasteiger partial charge is 0.240 e. The zero-order valence-corrected chi connectivity index (χ0v) is 17.8. The predicted molar refractivity (Wildman–Crippen MR) is 119 cm³/mol. The summed E-state index contributed by atoms with van der Waals surface area (Å²) in [6.07, 6.45) is 6.74. The largest absolute Gasteiger partial charge is 0.368 e. The van der Waals surface area contributed by atoms with Gasteiger partial charge in [-0.15, -0.1) is 0 Å². The zero-order chi connectivity index (χ0) is 21.2. The van der Waals surface area contributed by atoms with Crippen molar-refractivity contribution in [2.45, 2.75) is 33.2 Å². The molecule has 6 heteroatoms. The Morgan fingerprint density at radius 2 is 1.83 bits per heavy atom. The van der Waals surface area contributed by atoms with E-state index in [1.807, 2.05) is 50.3 Å². The third-order valence-corrected chi connectivity index (χ3v) is 5.34. The van der Waals surface area contributed by atoms with Crippen molar-refractivity contribution < 1.29 is 9.59 Å². The Kier molecular flexibility index (Phi) is 8.93. The summed E-state index contributed by atoms with van der Waals surface area (Å²) in [6.45, 7) is 9.02. The van der Waals surface area contributed by atoms with Crippen LogP contribution >= 0.6 is 0 Å². The monoisotopic (exact) mass is 398 g/mol. The van der Waals surface area contributed by atoms with E-state index < -0.39 is 12.0 Å². The number of allylic oxidation sites excluding steroid dienone is 3. The Bertz CT molecular complexity index is 722. The molecule has 1 saturated heterocycles. The van der Waals surface area contributed by atoms with Gasteiger partial charge in [-0.05, 0) is 32.4 Å². The van der Waals surface area contributed by atoms with Gasteiger partial charge in [-0.25, -0.2) is 0 Å².